The summed E-state index contributed by atoms with van der Waals surface area (Å²) in [4.78, 5) is 0. The molecule has 0 heterocycles. The summed E-state index contributed by atoms with van der Waals surface area (Å²) in [6, 6.07) is 11.7. The largest absolute Gasteiger partial charge is 0.497 e. The van der Waals surface area contributed by atoms with Crippen molar-refractivity contribution in [2.24, 2.45) is 0 Å². The van der Waals surface area contributed by atoms with Crippen molar-refractivity contribution in [2.75, 3.05) is 7.11 Å². The minimum Gasteiger partial charge on any atom is -0.497 e. The van der Waals surface area contributed by atoms with Crippen molar-refractivity contribution in [1.82, 2.24) is 0 Å². The third-order valence-electron chi connectivity index (χ3n) is 3.12. The number of hydrogen-bond donors (Lipinski definition) is 1. The molecular formula is C16H16O2. The van der Waals surface area contributed by atoms with Crippen molar-refractivity contribution in [3.05, 3.63) is 42.0 Å². The van der Waals surface area contributed by atoms with Crippen LogP contribution in [-0.2, 0) is 5.60 Å². The van der Waals surface area contributed by atoms with Crippen LogP contribution in [0, 0.1) is 12.3 Å². The summed E-state index contributed by atoms with van der Waals surface area (Å²) in [6.07, 6.45) is 5.58. The molecule has 0 fully saturated rings. The quantitative estimate of drug-likeness (QED) is 0.835. The Kier molecular flexibility index (Phi) is 3.27. The van der Waals surface area contributed by atoms with Crippen molar-refractivity contribution in [1.29, 1.82) is 0 Å². The molecule has 0 aliphatic rings. The molecule has 18 heavy (non-hydrogen) atoms. The molecule has 1 unspecified atom stereocenters. The fraction of sp³-hybridized carbons (Fsp3) is 0.250. The first-order valence-electron chi connectivity index (χ1n) is 5.81. The zero-order chi connectivity index (χ0) is 13.2. The third-order valence-corrected chi connectivity index (χ3v) is 3.12. The molecule has 0 spiro atoms. The highest BCUT2D eigenvalue weighted by Crippen LogP contribution is 2.28. The van der Waals surface area contributed by atoms with Gasteiger partial charge in [-0.05, 0) is 41.5 Å². The monoisotopic (exact) mass is 240 g/mol. The minimum atomic E-state index is -0.983. The first-order chi connectivity index (χ1) is 8.56. The number of fused-ring (bicyclic) bond motifs is 1. The van der Waals surface area contributed by atoms with E-state index in [9.17, 15) is 5.11 Å². The number of benzene rings is 2. The van der Waals surface area contributed by atoms with Crippen LogP contribution in [0.15, 0.2) is 36.4 Å². The number of hydrogen-bond acceptors (Lipinski definition) is 2. The maximum atomic E-state index is 10.3. The average Bonchev–Trinajstić information content (AvgIpc) is 2.37. The van der Waals surface area contributed by atoms with Gasteiger partial charge >= 0.3 is 0 Å². The smallest absolute Gasteiger partial charge is 0.119 e. The Morgan fingerprint density at radius 1 is 1.22 bits per heavy atom. The van der Waals surface area contributed by atoms with Crippen molar-refractivity contribution in [3.8, 4) is 18.1 Å². The highest BCUT2D eigenvalue weighted by molar-refractivity contribution is 5.84. The molecular weight excluding hydrogens is 224 g/mol. The van der Waals surface area contributed by atoms with Gasteiger partial charge in [-0.25, -0.2) is 0 Å². The maximum absolute atomic E-state index is 10.3. The van der Waals surface area contributed by atoms with Gasteiger partial charge < -0.3 is 9.84 Å². The molecule has 2 aromatic carbocycles. The Balaban J connectivity index is 2.49. The average molecular weight is 240 g/mol. The van der Waals surface area contributed by atoms with Crippen LogP contribution in [0.2, 0.25) is 0 Å². The summed E-state index contributed by atoms with van der Waals surface area (Å²) in [5.41, 5.74) is -0.152. The normalized spacial score (nSPS) is 13.9. The molecule has 2 rings (SSSR count). The van der Waals surface area contributed by atoms with E-state index in [1.165, 1.54) is 0 Å². The molecule has 2 heteroatoms. The molecule has 0 aliphatic heterocycles. The molecule has 0 bridgehead atoms. The van der Waals surface area contributed by atoms with Crippen molar-refractivity contribution in [2.45, 2.75) is 18.9 Å². The summed E-state index contributed by atoms with van der Waals surface area (Å²) >= 11 is 0. The second-order valence-corrected chi connectivity index (χ2v) is 4.58. The summed E-state index contributed by atoms with van der Waals surface area (Å²) in [6.45, 7) is 1.73. The van der Waals surface area contributed by atoms with E-state index in [0.29, 0.717) is 6.42 Å². The Hall–Kier alpha value is -1.98. The lowest BCUT2D eigenvalue weighted by atomic mass is 9.91. The van der Waals surface area contributed by atoms with Gasteiger partial charge in [-0.1, -0.05) is 18.2 Å². The van der Waals surface area contributed by atoms with E-state index < -0.39 is 5.60 Å². The Labute approximate surface area is 107 Å². The number of methoxy groups -OCH3 is 1. The molecule has 92 valence electrons. The molecule has 0 aliphatic carbocycles. The second kappa shape index (κ2) is 4.72. The minimum absolute atomic E-state index is 0.300. The van der Waals surface area contributed by atoms with Gasteiger partial charge in [0.05, 0.1) is 12.7 Å². The van der Waals surface area contributed by atoms with E-state index >= 15 is 0 Å². The van der Waals surface area contributed by atoms with Gasteiger partial charge in [-0.15, -0.1) is 12.3 Å². The van der Waals surface area contributed by atoms with Crippen LogP contribution in [0.1, 0.15) is 18.9 Å². The van der Waals surface area contributed by atoms with Crippen LogP contribution >= 0.6 is 0 Å². The maximum Gasteiger partial charge on any atom is 0.119 e. The van der Waals surface area contributed by atoms with Crippen LogP contribution in [0.3, 0.4) is 0 Å². The number of terminal acetylenes is 1. The topological polar surface area (TPSA) is 29.5 Å². The zero-order valence-electron chi connectivity index (χ0n) is 10.6. The number of ether oxygens (including phenoxy) is 1. The molecule has 1 atom stereocenters. The summed E-state index contributed by atoms with van der Waals surface area (Å²) in [5.74, 6) is 3.33. The molecule has 0 radical (unpaired) electrons. The van der Waals surface area contributed by atoms with Gasteiger partial charge in [0.2, 0.25) is 0 Å². The van der Waals surface area contributed by atoms with Gasteiger partial charge in [0.1, 0.15) is 5.75 Å². The first kappa shape index (κ1) is 12.5. The van der Waals surface area contributed by atoms with E-state index in [2.05, 4.69) is 5.92 Å². The van der Waals surface area contributed by atoms with E-state index in [1.54, 1.807) is 14.0 Å². The van der Waals surface area contributed by atoms with Gasteiger partial charge in [-0.2, -0.15) is 0 Å². The van der Waals surface area contributed by atoms with Gasteiger partial charge in [0.15, 0.2) is 0 Å². The number of aliphatic hydroxyl groups is 1. The van der Waals surface area contributed by atoms with E-state index in [1.807, 2.05) is 36.4 Å². The lowest BCUT2D eigenvalue weighted by Gasteiger charge is -2.21. The van der Waals surface area contributed by atoms with Gasteiger partial charge in [0.25, 0.3) is 0 Å². The van der Waals surface area contributed by atoms with Crippen molar-refractivity contribution >= 4 is 10.8 Å². The second-order valence-electron chi connectivity index (χ2n) is 4.58. The lowest BCUT2D eigenvalue weighted by molar-refractivity contribution is 0.0631. The van der Waals surface area contributed by atoms with Crippen LogP contribution in [0.4, 0.5) is 0 Å². The molecule has 0 amide bonds. The molecule has 2 nitrogen and oxygen atoms in total. The fourth-order valence-corrected chi connectivity index (χ4v) is 1.99. The van der Waals surface area contributed by atoms with Crippen LogP contribution in [0.25, 0.3) is 10.8 Å². The standard InChI is InChI=1S/C16H16O2/c1-4-9-16(2,17)14-7-5-13-11-15(18-3)8-6-12(13)10-14/h1,5-8,10-11,17H,9H2,2-3H3. The Bertz CT molecular complexity index is 606. The van der Waals surface area contributed by atoms with Crippen LogP contribution in [-0.4, -0.2) is 12.2 Å². The number of rotatable bonds is 3. The third kappa shape index (κ3) is 2.32. The molecule has 1 N–H and O–H groups in total. The molecule has 2 aromatic rings. The van der Waals surface area contributed by atoms with E-state index in [-0.39, 0.29) is 0 Å². The fourth-order valence-electron chi connectivity index (χ4n) is 1.99. The molecule has 0 aromatic heterocycles. The van der Waals surface area contributed by atoms with Crippen molar-refractivity contribution < 1.29 is 9.84 Å². The molecule has 0 saturated heterocycles. The first-order valence-corrected chi connectivity index (χ1v) is 5.81. The SMILES string of the molecule is C#CCC(C)(O)c1ccc2cc(OC)ccc2c1. The summed E-state index contributed by atoms with van der Waals surface area (Å²) < 4.78 is 5.18. The highest BCUT2D eigenvalue weighted by Gasteiger charge is 2.21. The van der Waals surface area contributed by atoms with Gasteiger partial charge in [-0.3, -0.25) is 0 Å². The summed E-state index contributed by atoms with van der Waals surface area (Å²) in [5, 5.41) is 12.4. The van der Waals surface area contributed by atoms with E-state index in [4.69, 9.17) is 11.2 Å². The van der Waals surface area contributed by atoms with Crippen molar-refractivity contribution in [3.63, 3.8) is 0 Å². The predicted molar refractivity (Wildman–Crippen MR) is 73.5 cm³/mol. The van der Waals surface area contributed by atoms with Gasteiger partial charge in [0, 0.05) is 6.42 Å². The zero-order valence-corrected chi connectivity index (χ0v) is 10.6. The summed E-state index contributed by atoms with van der Waals surface area (Å²) in [7, 11) is 1.65. The van der Waals surface area contributed by atoms with Crippen LogP contribution in [0.5, 0.6) is 5.75 Å². The van der Waals surface area contributed by atoms with Crippen LogP contribution < -0.4 is 4.74 Å². The van der Waals surface area contributed by atoms with E-state index in [0.717, 1.165) is 22.1 Å². The molecule has 0 saturated carbocycles. The Morgan fingerprint density at radius 2 is 1.89 bits per heavy atom. The highest BCUT2D eigenvalue weighted by atomic mass is 16.5. The predicted octanol–water partition coefficient (Wildman–Crippen LogP) is 3.08. The Morgan fingerprint density at radius 3 is 2.56 bits per heavy atom. The lowest BCUT2D eigenvalue weighted by Crippen LogP contribution is -2.19.